The Balaban J connectivity index is 2.85. The minimum absolute atomic E-state index is 0.0265. The molecule has 0 amide bonds. The van der Waals surface area contributed by atoms with Gasteiger partial charge in [-0.25, -0.2) is 9.59 Å². The van der Waals surface area contributed by atoms with Crippen molar-refractivity contribution in [2.75, 3.05) is 27.4 Å². The van der Waals surface area contributed by atoms with Crippen LogP contribution < -0.4 is 9.47 Å². The van der Waals surface area contributed by atoms with E-state index >= 15 is 0 Å². The summed E-state index contributed by atoms with van der Waals surface area (Å²) in [7, 11) is 2.85. The number of aromatic nitrogens is 1. The van der Waals surface area contributed by atoms with Crippen LogP contribution in [0.15, 0.2) is 18.2 Å². The third-order valence-electron chi connectivity index (χ3n) is 3.69. The highest BCUT2D eigenvalue weighted by Crippen LogP contribution is 2.41. The van der Waals surface area contributed by atoms with Crippen LogP contribution in [0.3, 0.4) is 0 Å². The number of carbonyl (C=O) groups excluding carboxylic acids is 2. The number of hydrogen-bond acceptors (Lipinski definition) is 8. The summed E-state index contributed by atoms with van der Waals surface area (Å²) >= 11 is 0. The molecule has 2 N–H and O–H groups in total. The van der Waals surface area contributed by atoms with Crippen LogP contribution in [-0.2, 0) is 9.47 Å². The summed E-state index contributed by atoms with van der Waals surface area (Å²) in [6.45, 7) is 3.22. The number of ether oxygens (including phenoxy) is 4. The van der Waals surface area contributed by atoms with Gasteiger partial charge in [0, 0.05) is 6.07 Å². The zero-order valence-corrected chi connectivity index (χ0v) is 15.4. The predicted molar refractivity (Wildman–Crippen MR) is 94.1 cm³/mol. The zero-order valence-electron chi connectivity index (χ0n) is 15.4. The highest BCUT2D eigenvalue weighted by Gasteiger charge is 2.34. The summed E-state index contributed by atoms with van der Waals surface area (Å²) in [4.78, 5) is 24.8. The van der Waals surface area contributed by atoms with E-state index in [1.807, 2.05) is 0 Å². The zero-order chi connectivity index (χ0) is 20.1. The van der Waals surface area contributed by atoms with E-state index in [4.69, 9.17) is 18.9 Å². The van der Waals surface area contributed by atoms with Gasteiger partial charge >= 0.3 is 11.9 Å². The standard InChI is InChI=1S/C18H21NO8/c1-5-26-17(22)13-15(20)16(21)14(18(23)27-6-2)19(13)11-8-7-10(24-3)9-12(11)25-4/h7-9,20-21H,5-6H2,1-4H3. The van der Waals surface area contributed by atoms with Gasteiger partial charge in [0.15, 0.2) is 22.9 Å². The van der Waals surface area contributed by atoms with Gasteiger partial charge in [-0.2, -0.15) is 0 Å². The number of nitrogens with zero attached hydrogens (tertiary/aromatic N) is 1. The van der Waals surface area contributed by atoms with Crippen LogP contribution in [0.4, 0.5) is 0 Å². The third-order valence-corrected chi connectivity index (χ3v) is 3.69. The highest BCUT2D eigenvalue weighted by atomic mass is 16.5. The number of aromatic hydroxyl groups is 2. The molecule has 2 rings (SSSR count). The summed E-state index contributed by atoms with van der Waals surface area (Å²) in [6.07, 6.45) is 0. The maximum atomic E-state index is 12.4. The van der Waals surface area contributed by atoms with Crippen molar-refractivity contribution in [3.05, 3.63) is 29.6 Å². The van der Waals surface area contributed by atoms with Crippen molar-refractivity contribution in [3.63, 3.8) is 0 Å². The number of esters is 2. The van der Waals surface area contributed by atoms with Crippen LogP contribution in [0.2, 0.25) is 0 Å². The summed E-state index contributed by atoms with van der Waals surface area (Å²) in [5.74, 6) is -2.77. The monoisotopic (exact) mass is 379 g/mol. The molecule has 0 saturated carbocycles. The van der Waals surface area contributed by atoms with Gasteiger partial charge in [0.25, 0.3) is 0 Å². The topological polar surface area (TPSA) is 116 Å². The molecule has 1 aromatic carbocycles. The number of rotatable bonds is 7. The van der Waals surface area contributed by atoms with Crippen molar-refractivity contribution in [3.8, 4) is 28.7 Å². The molecule has 0 atom stereocenters. The smallest absolute Gasteiger partial charge is 0.359 e. The number of methoxy groups -OCH3 is 2. The molecule has 0 aliphatic rings. The molecule has 1 aromatic heterocycles. The Kier molecular flexibility index (Phi) is 6.17. The van der Waals surface area contributed by atoms with Crippen molar-refractivity contribution in [1.29, 1.82) is 0 Å². The molecule has 1 heterocycles. The average Bonchev–Trinajstić information content (AvgIpc) is 2.92. The van der Waals surface area contributed by atoms with Gasteiger partial charge in [-0.15, -0.1) is 0 Å². The first-order valence-corrected chi connectivity index (χ1v) is 8.14. The molecule has 146 valence electrons. The molecule has 0 bridgehead atoms. The van der Waals surface area contributed by atoms with E-state index < -0.39 is 34.8 Å². The summed E-state index contributed by atoms with van der Waals surface area (Å²) in [6, 6.07) is 4.59. The first-order chi connectivity index (χ1) is 12.9. The summed E-state index contributed by atoms with van der Waals surface area (Å²) in [5.41, 5.74) is -0.665. The third kappa shape index (κ3) is 3.62. The van der Waals surface area contributed by atoms with Crippen molar-refractivity contribution < 1.29 is 38.7 Å². The van der Waals surface area contributed by atoms with Crippen molar-refractivity contribution >= 4 is 11.9 Å². The molecule has 0 saturated heterocycles. The van der Waals surface area contributed by atoms with Gasteiger partial charge in [0.2, 0.25) is 0 Å². The second kappa shape index (κ2) is 8.35. The second-order valence-corrected chi connectivity index (χ2v) is 5.21. The maximum Gasteiger partial charge on any atom is 0.359 e. The fourth-order valence-electron chi connectivity index (χ4n) is 2.53. The molecule has 9 nitrogen and oxygen atoms in total. The molecular weight excluding hydrogens is 358 g/mol. The molecular formula is C18H21NO8. The molecule has 0 aliphatic carbocycles. The normalized spacial score (nSPS) is 10.4. The Morgan fingerprint density at radius 3 is 1.85 bits per heavy atom. The van der Waals surface area contributed by atoms with Crippen molar-refractivity contribution in [2.45, 2.75) is 13.8 Å². The lowest BCUT2D eigenvalue weighted by atomic mass is 10.2. The number of benzene rings is 1. The first kappa shape index (κ1) is 20.0. The highest BCUT2D eigenvalue weighted by molar-refractivity contribution is 6.00. The molecule has 0 unspecified atom stereocenters. The number of hydrogen-bond donors (Lipinski definition) is 2. The molecule has 27 heavy (non-hydrogen) atoms. The van der Waals surface area contributed by atoms with Crippen LogP contribution in [0.5, 0.6) is 23.0 Å². The Labute approximate surface area is 155 Å². The Hall–Kier alpha value is -3.36. The average molecular weight is 379 g/mol. The van der Waals surface area contributed by atoms with Crippen LogP contribution >= 0.6 is 0 Å². The van der Waals surface area contributed by atoms with Gasteiger partial charge in [0.05, 0.1) is 33.1 Å². The van der Waals surface area contributed by atoms with E-state index in [-0.39, 0.29) is 24.7 Å². The van der Waals surface area contributed by atoms with Crippen LogP contribution in [-0.4, -0.2) is 54.2 Å². The SMILES string of the molecule is CCOC(=O)c1c(O)c(O)c(C(=O)OCC)n1-c1ccc(OC)cc1OC. The maximum absolute atomic E-state index is 12.4. The van der Waals surface area contributed by atoms with Gasteiger partial charge in [0.1, 0.15) is 11.5 Å². The van der Waals surface area contributed by atoms with E-state index in [0.717, 1.165) is 4.57 Å². The minimum Gasteiger partial charge on any atom is -0.503 e. The van der Waals surface area contributed by atoms with Crippen molar-refractivity contribution in [2.24, 2.45) is 0 Å². The fraction of sp³-hybridized carbons (Fsp3) is 0.333. The fourth-order valence-corrected chi connectivity index (χ4v) is 2.53. The Bertz CT molecular complexity index is 814. The largest absolute Gasteiger partial charge is 0.503 e. The molecule has 0 radical (unpaired) electrons. The van der Waals surface area contributed by atoms with E-state index in [1.165, 1.54) is 26.4 Å². The van der Waals surface area contributed by atoms with Gasteiger partial charge < -0.3 is 29.2 Å². The van der Waals surface area contributed by atoms with Crippen LogP contribution in [0, 0.1) is 0 Å². The number of carbonyl (C=O) groups is 2. The first-order valence-electron chi connectivity index (χ1n) is 8.14. The predicted octanol–water partition coefficient (Wildman–Crippen LogP) is 2.26. The van der Waals surface area contributed by atoms with Crippen LogP contribution in [0.1, 0.15) is 34.8 Å². The van der Waals surface area contributed by atoms with E-state index in [1.54, 1.807) is 19.9 Å². The lowest BCUT2D eigenvalue weighted by molar-refractivity contribution is 0.0507. The molecule has 0 aliphatic heterocycles. The van der Waals surface area contributed by atoms with Crippen LogP contribution in [0.25, 0.3) is 5.69 Å². The lowest BCUT2D eigenvalue weighted by Gasteiger charge is -2.16. The molecule has 2 aromatic rings. The summed E-state index contributed by atoms with van der Waals surface area (Å²) in [5, 5.41) is 20.6. The van der Waals surface area contributed by atoms with Crippen molar-refractivity contribution in [1.82, 2.24) is 4.57 Å². The molecule has 0 fully saturated rings. The van der Waals surface area contributed by atoms with E-state index in [9.17, 15) is 19.8 Å². The van der Waals surface area contributed by atoms with E-state index in [2.05, 4.69) is 0 Å². The van der Waals surface area contributed by atoms with Gasteiger partial charge in [-0.05, 0) is 26.0 Å². The summed E-state index contributed by atoms with van der Waals surface area (Å²) < 4.78 is 21.4. The second-order valence-electron chi connectivity index (χ2n) is 5.21. The Morgan fingerprint density at radius 2 is 1.44 bits per heavy atom. The van der Waals surface area contributed by atoms with E-state index in [0.29, 0.717) is 5.75 Å². The quantitative estimate of drug-likeness (QED) is 0.704. The van der Waals surface area contributed by atoms with Gasteiger partial charge in [-0.1, -0.05) is 0 Å². The van der Waals surface area contributed by atoms with Gasteiger partial charge in [-0.3, -0.25) is 4.57 Å². The molecule has 0 spiro atoms. The molecule has 9 heteroatoms. The minimum atomic E-state index is -0.932. The lowest BCUT2D eigenvalue weighted by Crippen LogP contribution is -2.17. The Morgan fingerprint density at radius 1 is 0.926 bits per heavy atom.